The summed E-state index contributed by atoms with van der Waals surface area (Å²) in [6.45, 7) is 3.49. The maximum absolute atomic E-state index is 13.7. The average Bonchev–Trinajstić information content (AvgIpc) is 3.57. The lowest BCUT2D eigenvalue weighted by Crippen LogP contribution is -2.50. The second-order valence-electron chi connectivity index (χ2n) is 8.71. The first-order valence-corrected chi connectivity index (χ1v) is 12.0. The van der Waals surface area contributed by atoms with Crippen molar-refractivity contribution in [3.8, 4) is 6.01 Å². The summed E-state index contributed by atoms with van der Waals surface area (Å²) in [5.41, 5.74) is 3.27. The van der Waals surface area contributed by atoms with E-state index in [0.29, 0.717) is 53.7 Å². The molecule has 0 saturated carbocycles. The molecule has 2 aliphatic heterocycles. The van der Waals surface area contributed by atoms with Crippen LogP contribution >= 0.6 is 11.6 Å². The summed E-state index contributed by atoms with van der Waals surface area (Å²) in [6.07, 6.45) is 2.41. The van der Waals surface area contributed by atoms with Gasteiger partial charge in [0.1, 0.15) is 0 Å². The summed E-state index contributed by atoms with van der Waals surface area (Å²) in [6, 6.07) is 16.4. The van der Waals surface area contributed by atoms with E-state index in [1.807, 2.05) is 52.8 Å². The number of fused-ring (bicyclic) bond motifs is 4. The van der Waals surface area contributed by atoms with Crippen molar-refractivity contribution in [2.24, 2.45) is 4.99 Å². The van der Waals surface area contributed by atoms with Crippen molar-refractivity contribution >= 4 is 40.3 Å². The largest absolute Gasteiger partial charge is 0.468 e. The fourth-order valence-electron chi connectivity index (χ4n) is 4.96. The number of amides is 1. The second-order valence-corrected chi connectivity index (χ2v) is 9.11. The number of hydrogen-bond donors (Lipinski definition) is 0. The Morgan fingerprint density at radius 1 is 1.17 bits per heavy atom. The Balaban J connectivity index is 1.39. The van der Waals surface area contributed by atoms with E-state index in [2.05, 4.69) is 12.1 Å². The van der Waals surface area contributed by atoms with Crippen LogP contribution in [0.1, 0.15) is 28.5 Å². The number of carbonyl (C=O) groups is 1. The van der Waals surface area contributed by atoms with Crippen molar-refractivity contribution in [2.45, 2.75) is 25.9 Å². The zero-order chi connectivity index (χ0) is 24.1. The molecule has 2 aromatic carbocycles. The molecule has 35 heavy (non-hydrogen) atoms. The summed E-state index contributed by atoms with van der Waals surface area (Å²) in [7, 11) is 1.57. The third kappa shape index (κ3) is 3.56. The van der Waals surface area contributed by atoms with Crippen molar-refractivity contribution in [3.63, 3.8) is 0 Å². The van der Waals surface area contributed by atoms with Crippen LogP contribution in [0.25, 0.3) is 11.0 Å². The third-order valence-electron chi connectivity index (χ3n) is 6.51. The summed E-state index contributed by atoms with van der Waals surface area (Å²) < 4.78 is 12.9. The zero-order valence-electron chi connectivity index (χ0n) is 19.4. The predicted molar refractivity (Wildman–Crippen MR) is 135 cm³/mol. The highest BCUT2D eigenvalue weighted by atomic mass is 35.5. The number of methoxy groups -OCH3 is 1. The molecule has 0 saturated heterocycles. The van der Waals surface area contributed by atoms with Crippen molar-refractivity contribution in [1.82, 2.24) is 14.5 Å². The maximum Gasteiger partial charge on any atom is 0.299 e. The van der Waals surface area contributed by atoms with E-state index in [4.69, 9.17) is 30.7 Å². The standard InChI is InChI=1S/C26H24ClN5O3/c1-3-30-24(33)21-23(32-15-19(28-25(30)32)12-16-7-5-4-6-8-16)29-26(34-2)31(21)14-17-11-18-9-10-35-22(18)20(27)13-17/h4-11,13,19H,3,12,14-15H2,1-2H3/t19-/m1/s1. The van der Waals surface area contributed by atoms with Crippen LogP contribution in [0, 0.1) is 0 Å². The highest BCUT2D eigenvalue weighted by Crippen LogP contribution is 2.36. The van der Waals surface area contributed by atoms with Crippen LogP contribution in [0.4, 0.5) is 5.82 Å². The fourth-order valence-corrected chi connectivity index (χ4v) is 5.25. The van der Waals surface area contributed by atoms with Gasteiger partial charge in [-0.2, -0.15) is 4.98 Å². The molecular formula is C26H24ClN5O3. The Morgan fingerprint density at radius 2 is 2.00 bits per heavy atom. The second kappa shape index (κ2) is 8.46. The Morgan fingerprint density at radius 3 is 2.77 bits per heavy atom. The van der Waals surface area contributed by atoms with E-state index in [1.54, 1.807) is 18.3 Å². The van der Waals surface area contributed by atoms with E-state index in [1.165, 1.54) is 5.56 Å². The van der Waals surface area contributed by atoms with Crippen molar-refractivity contribution in [2.75, 3.05) is 25.1 Å². The van der Waals surface area contributed by atoms with E-state index in [-0.39, 0.29) is 11.9 Å². The lowest BCUT2D eigenvalue weighted by Gasteiger charge is -2.32. The van der Waals surface area contributed by atoms with Crippen LogP contribution in [-0.2, 0) is 13.0 Å². The van der Waals surface area contributed by atoms with E-state index < -0.39 is 0 Å². The SMILES string of the molecule is CCN1C(=O)c2c(nc(OC)n2Cc2cc(Cl)c3occc3c2)N2C[C@@H](Cc3ccccc3)N=C12. The summed E-state index contributed by atoms with van der Waals surface area (Å²) in [4.78, 5) is 27.1. The lowest BCUT2D eigenvalue weighted by atomic mass is 10.1. The van der Waals surface area contributed by atoms with Crippen molar-refractivity contribution in [1.29, 1.82) is 0 Å². The monoisotopic (exact) mass is 489 g/mol. The molecule has 0 aliphatic carbocycles. The van der Waals surface area contributed by atoms with Gasteiger partial charge >= 0.3 is 0 Å². The lowest BCUT2D eigenvalue weighted by molar-refractivity contribution is 0.0835. The molecule has 2 aliphatic rings. The predicted octanol–water partition coefficient (Wildman–Crippen LogP) is 4.60. The molecule has 0 unspecified atom stereocenters. The van der Waals surface area contributed by atoms with Crippen LogP contribution in [0.2, 0.25) is 5.02 Å². The molecule has 0 bridgehead atoms. The van der Waals surface area contributed by atoms with E-state index >= 15 is 0 Å². The minimum absolute atomic E-state index is 0.0265. The molecular weight excluding hydrogens is 466 g/mol. The van der Waals surface area contributed by atoms with E-state index in [9.17, 15) is 4.79 Å². The number of ether oxygens (including phenoxy) is 1. The van der Waals surface area contributed by atoms with Crippen LogP contribution in [0.15, 0.2) is 64.2 Å². The summed E-state index contributed by atoms with van der Waals surface area (Å²) in [5, 5.41) is 1.43. The minimum atomic E-state index is -0.135. The molecule has 0 fully saturated rings. The molecule has 2 aromatic heterocycles. The Kier molecular flexibility index (Phi) is 5.25. The van der Waals surface area contributed by atoms with Gasteiger partial charge < -0.3 is 9.15 Å². The van der Waals surface area contributed by atoms with Gasteiger partial charge in [-0.3, -0.25) is 19.2 Å². The van der Waals surface area contributed by atoms with Gasteiger partial charge in [-0.25, -0.2) is 4.99 Å². The number of rotatable bonds is 6. The molecule has 6 rings (SSSR count). The highest BCUT2D eigenvalue weighted by molar-refractivity contribution is 6.34. The molecule has 8 nitrogen and oxygen atoms in total. The van der Waals surface area contributed by atoms with Crippen LogP contribution in [0.5, 0.6) is 6.01 Å². The first kappa shape index (κ1) is 21.7. The van der Waals surface area contributed by atoms with Gasteiger partial charge in [-0.15, -0.1) is 0 Å². The topological polar surface area (TPSA) is 76.1 Å². The number of anilines is 1. The molecule has 1 atom stereocenters. The van der Waals surface area contributed by atoms with Gasteiger partial charge in [0.25, 0.3) is 11.9 Å². The number of carbonyl (C=O) groups excluding carboxylic acids is 1. The van der Waals surface area contributed by atoms with Crippen LogP contribution < -0.4 is 9.64 Å². The quantitative estimate of drug-likeness (QED) is 0.395. The molecule has 0 radical (unpaired) electrons. The summed E-state index contributed by atoms with van der Waals surface area (Å²) in [5.74, 6) is 1.10. The average molecular weight is 490 g/mol. The number of aliphatic imine (C=N–C) groups is 1. The molecule has 4 aromatic rings. The first-order chi connectivity index (χ1) is 17.1. The smallest absolute Gasteiger partial charge is 0.299 e. The van der Waals surface area contributed by atoms with Gasteiger partial charge in [0, 0.05) is 11.9 Å². The van der Waals surface area contributed by atoms with Gasteiger partial charge in [0.2, 0.25) is 5.96 Å². The zero-order valence-corrected chi connectivity index (χ0v) is 20.2. The van der Waals surface area contributed by atoms with Gasteiger partial charge in [0.05, 0.1) is 37.5 Å². The number of guanidine groups is 1. The van der Waals surface area contributed by atoms with Crippen molar-refractivity contribution in [3.05, 3.63) is 76.6 Å². The molecule has 1 amide bonds. The number of imidazole rings is 1. The van der Waals surface area contributed by atoms with Gasteiger partial charge in [-0.05, 0) is 42.7 Å². The highest BCUT2D eigenvalue weighted by Gasteiger charge is 2.43. The van der Waals surface area contributed by atoms with Crippen LogP contribution in [-0.4, -0.2) is 52.6 Å². The summed E-state index contributed by atoms with van der Waals surface area (Å²) >= 11 is 6.44. The molecule has 0 spiro atoms. The molecule has 0 N–H and O–H groups in total. The first-order valence-electron chi connectivity index (χ1n) is 11.6. The number of benzene rings is 2. The number of hydrogen-bond acceptors (Lipinski definition) is 6. The van der Waals surface area contributed by atoms with Gasteiger partial charge in [-0.1, -0.05) is 41.9 Å². The number of nitrogens with zero attached hydrogens (tertiary/aromatic N) is 5. The Labute approximate surface area is 207 Å². The van der Waals surface area contributed by atoms with Crippen LogP contribution in [0.3, 0.4) is 0 Å². The molecule has 9 heteroatoms. The number of furan rings is 1. The maximum atomic E-state index is 13.7. The van der Waals surface area contributed by atoms with E-state index in [0.717, 1.165) is 17.4 Å². The molecule has 4 heterocycles. The number of aromatic nitrogens is 2. The molecule has 178 valence electrons. The van der Waals surface area contributed by atoms with Gasteiger partial charge in [0.15, 0.2) is 17.1 Å². The minimum Gasteiger partial charge on any atom is -0.468 e. The van der Waals surface area contributed by atoms with Crippen molar-refractivity contribution < 1.29 is 13.9 Å². The third-order valence-corrected chi connectivity index (χ3v) is 6.79. The number of halogens is 1. The Bertz CT molecular complexity index is 1460. The normalized spacial score (nSPS) is 17.1. The fraction of sp³-hybridized carbons (Fsp3) is 0.269. The Hall–Kier alpha value is -3.78.